The summed E-state index contributed by atoms with van der Waals surface area (Å²) in [5.41, 5.74) is -0.946. The third kappa shape index (κ3) is 24.0. The molecule has 2 aliphatic rings. The van der Waals surface area contributed by atoms with Gasteiger partial charge in [-0.3, -0.25) is 39.8 Å². The number of aromatic amines is 5. The smallest absolute Gasteiger partial charge is 0.317 e. The molecule has 21 heteroatoms. The van der Waals surface area contributed by atoms with Crippen LogP contribution in [0, 0.1) is 23.7 Å². The number of nitrogens with one attached hydrogen (secondary N) is 7. The molecule has 5 heterocycles. The maximum Gasteiger partial charge on any atom is 0.440 e. The van der Waals surface area contributed by atoms with Gasteiger partial charge in [-0.05, 0) is 41.9 Å². The molecule has 1 atom stereocenters. The molecule has 0 radical (unpaired) electrons. The molecule has 0 saturated carbocycles. The van der Waals surface area contributed by atoms with Gasteiger partial charge in [0.25, 0.3) is 16.4 Å². The van der Waals surface area contributed by atoms with E-state index in [1.807, 2.05) is 60.4 Å². The van der Waals surface area contributed by atoms with Crippen molar-refractivity contribution in [1.29, 1.82) is 0 Å². The maximum absolute atomic E-state index is 11.0. The number of hydrogen-bond acceptors (Lipinski definition) is 13. The summed E-state index contributed by atoms with van der Waals surface area (Å²) in [6.07, 6.45) is 3.38. The number of rotatable bonds is 8. The Morgan fingerprint density at radius 3 is 1.61 bits per heavy atom. The summed E-state index contributed by atoms with van der Waals surface area (Å²) in [6.45, 7) is 20.4. The minimum Gasteiger partial charge on any atom is -0.317 e. The van der Waals surface area contributed by atoms with Crippen molar-refractivity contribution < 1.29 is 23.7 Å². The van der Waals surface area contributed by atoms with Gasteiger partial charge in [-0.15, -0.1) is 0 Å². The second kappa shape index (κ2) is 28.7. The lowest BCUT2D eigenvalue weighted by molar-refractivity contribution is -0.119. The molecule has 0 aromatic carbocycles. The van der Waals surface area contributed by atoms with Crippen LogP contribution in [0.3, 0.4) is 0 Å². The molecule has 7 N–H and O–H groups in total. The maximum atomic E-state index is 11.0. The highest BCUT2D eigenvalue weighted by atomic mass is 32.2. The van der Waals surface area contributed by atoms with Gasteiger partial charge in [-0.2, -0.15) is 14.9 Å². The van der Waals surface area contributed by atoms with Crippen LogP contribution in [-0.4, -0.2) is 67.6 Å². The molecular weight excluding hydrogens is 769 g/mol. The number of amides is 4. The summed E-state index contributed by atoms with van der Waals surface area (Å²) in [5, 5.41) is 15.9. The third-order valence-electron chi connectivity index (χ3n) is 5.96. The number of carbonyl (C=O) groups excluding carboxylic acids is 4. The van der Waals surface area contributed by atoms with Crippen LogP contribution in [0.4, 0.5) is 9.59 Å². The highest BCUT2D eigenvalue weighted by molar-refractivity contribution is 8.18. The third-order valence-corrected chi connectivity index (χ3v) is 7.79. The lowest BCUT2D eigenvalue weighted by Gasteiger charge is -2.06. The first-order chi connectivity index (χ1) is 24.2. The first-order valence-electron chi connectivity index (χ1n) is 16.5. The zero-order chi connectivity index (χ0) is 39.7. The van der Waals surface area contributed by atoms with Crippen molar-refractivity contribution in [2.24, 2.45) is 23.7 Å². The molecule has 19 nitrogen and oxygen atoms in total. The zero-order valence-electron chi connectivity index (χ0n) is 31.0. The highest BCUT2D eigenvalue weighted by Crippen LogP contribution is 2.25. The van der Waals surface area contributed by atoms with Gasteiger partial charge in [0.1, 0.15) is 11.6 Å². The van der Waals surface area contributed by atoms with Crippen LogP contribution in [0.2, 0.25) is 0 Å². The number of thioether (sulfide) groups is 2. The fourth-order valence-corrected chi connectivity index (χ4v) is 5.72. The fraction of sp³-hybridized carbons (Fsp3) is 0.657. The lowest BCUT2D eigenvalue weighted by Crippen LogP contribution is -2.24. The Bertz CT molecular complexity index is 1860. The molecule has 2 fully saturated rings. The van der Waals surface area contributed by atoms with Crippen molar-refractivity contribution in [1.82, 2.24) is 50.7 Å². The summed E-state index contributed by atoms with van der Waals surface area (Å²) in [5.74, 6) is 2.20. The van der Waals surface area contributed by atoms with Crippen LogP contribution < -0.4 is 33.5 Å². The second-order valence-corrected chi connectivity index (χ2v) is 15.5. The zero-order valence-corrected chi connectivity index (χ0v) is 32.6. The van der Waals surface area contributed by atoms with E-state index in [2.05, 4.69) is 59.4 Å². The Labute approximate surface area is 337 Å². The molecule has 322 valence electrons. The molecule has 5 rings (SSSR count). The van der Waals surface area contributed by atoms with Crippen LogP contribution in [0.25, 0.3) is 0 Å². The number of aromatic nitrogens is 8. The van der Waals surface area contributed by atoms with Crippen molar-refractivity contribution in [2.45, 2.75) is 129 Å². The molecular formula is C35H66N10O9S2. The molecule has 56 heavy (non-hydrogen) atoms. The van der Waals surface area contributed by atoms with Gasteiger partial charge in [0, 0.05) is 12.3 Å². The molecule has 0 bridgehead atoms. The van der Waals surface area contributed by atoms with E-state index in [1.54, 1.807) is 6.08 Å². The minimum atomic E-state index is -0.698. The largest absolute Gasteiger partial charge is 0.440 e. The predicted molar refractivity (Wildman–Crippen MR) is 225 cm³/mol. The topological polar surface area (TPSA) is 283 Å². The average Bonchev–Trinajstić information content (AvgIpc) is 3.81. The second-order valence-electron chi connectivity index (χ2n) is 13.3. The Kier molecular flexibility index (Phi) is 29.8. The van der Waals surface area contributed by atoms with Crippen LogP contribution in [0.5, 0.6) is 0 Å². The van der Waals surface area contributed by atoms with E-state index >= 15 is 0 Å². The average molecular weight is 835 g/mol. The van der Waals surface area contributed by atoms with Gasteiger partial charge in [0.2, 0.25) is 5.91 Å². The highest BCUT2D eigenvalue weighted by Gasteiger charge is 2.31. The molecule has 3 aromatic rings. The predicted octanol–water partition coefficient (Wildman–Crippen LogP) is 5.74. The van der Waals surface area contributed by atoms with Crippen LogP contribution in [-0.2, 0) is 22.6 Å². The molecule has 0 spiro atoms. The SMILES string of the molecule is C.C.C.C.CC(C)C=C1SC(=O)NC1=O.CC(C)CC1SC(=O)NC1=O.CC(C)Cc1n[nH]c(=O)[nH]1.CC(C)Cn1oc(=O)[nH]c1=O.CC(C)c1n[nH]c(=O)[nH]1. The van der Waals surface area contributed by atoms with E-state index in [4.69, 9.17) is 0 Å². The van der Waals surface area contributed by atoms with Crippen molar-refractivity contribution in [3.63, 3.8) is 0 Å². The van der Waals surface area contributed by atoms with E-state index in [0.717, 1.165) is 46.9 Å². The van der Waals surface area contributed by atoms with Gasteiger partial charge in [-0.25, -0.2) is 34.4 Å². The number of allylic oxidation sites excluding steroid dienone is 1. The van der Waals surface area contributed by atoms with E-state index in [-0.39, 0.29) is 80.5 Å². The summed E-state index contributed by atoms with van der Waals surface area (Å²) >= 11 is 2.07. The van der Waals surface area contributed by atoms with Gasteiger partial charge < -0.3 is 4.52 Å². The van der Waals surface area contributed by atoms with Crippen LogP contribution in [0.15, 0.2) is 34.7 Å². The molecule has 0 aliphatic carbocycles. The number of hydrogen-bond donors (Lipinski definition) is 7. The number of nitrogens with zero attached hydrogens (tertiary/aromatic N) is 3. The summed E-state index contributed by atoms with van der Waals surface area (Å²) in [6, 6.07) is 0. The quantitative estimate of drug-likeness (QED) is 0.133. The van der Waals surface area contributed by atoms with Crippen molar-refractivity contribution >= 4 is 45.8 Å². The molecule has 4 amide bonds. The molecule has 1 unspecified atom stereocenters. The Hall–Kier alpha value is -4.66. The van der Waals surface area contributed by atoms with Gasteiger partial charge in [0.05, 0.1) is 16.7 Å². The van der Waals surface area contributed by atoms with Crippen molar-refractivity contribution in [2.75, 3.05) is 0 Å². The van der Waals surface area contributed by atoms with Crippen LogP contribution >= 0.6 is 23.5 Å². The summed E-state index contributed by atoms with van der Waals surface area (Å²) in [4.78, 5) is 93.0. The van der Waals surface area contributed by atoms with Gasteiger partial charge >= 0.3 is 22.8 Å². The Morgan fingerprint density at radius 1 is 0.714 bits per heavy atom. The standard InChI is InChI=1S/C7H11NO2S.C7H9NO2S.C6H11N3O.C6H10N2O3.C5H9N3O.4CH4/c2*1-4(2)3-5-6(9)8-7(10)11-5;1-4(2)3-5-7-6(10)9-8-5;1-4(2)3-8-5(9)7-6(10)11-8;1-3(2)4-6-5(9)8-7-4;;;;/h4-5H,3H2,1-2H3,(H,8,9,10);3-4H,1-2H3,(H,8,9,10);4H,3H2,1-2H3,(H2,7,8,9,10);4H,3H2,1-2H3,(H,7,9,10);3H,1-2H3,(H2,6,7,8,9);4*1H4. The van der Waals surface area contributed by atoms with E-state index in [9.17, 15) is 38.4 Å². The fourth-order valence-electron chi connectivity index (χ4n) is 3.83. The summed E-state index contributed by atoms with van der Waals surface area (Å²) in [7, 11) is 0. The molecule has 2 saturated heterocycles. The van der Waals surface area contributed by atoms with E-state index < -0.39 is 11.4 Å². The monoisotopic (exact) mass is 834 g/mol. The van der Waals surface area contributed by atoms with Gasteiger partial charge in [0.15, 0.2) is 0 Å². The number of H-pyrrole nitrogens is 5. The number of carbonyl (C=O) groups is 4. The van der Waals surface area contributed by atoms with E-state index in [0.29, 0.717) is 35.0 Å². The molecule has 3 aromatic heterocycles. The van der Waals surface area contributed by atoms with Crippen molar-refractivity contribution in [3.8, 4) is 0 Å². The Balaban J connectivity index is -0.000000297. The Morgan fingerprint density at radius 2 is 1.29 bits per heavy atom. The van der Waals surface area contributed by atoms with E-state index in [1.165, 1.54) is 0 Å². The first kappa shape index (κ1) is 58.1. The minimum absolute atomic E-state index is 0. The summed E-state index contributed by atoms with van der Waals surface area (Å²) < 4.78 is 5.54. The van der Waals surface area contributed by atoms with Crippen molar-refractivity contribution in [3.05, 3.63) is 64.6 Å². The van der Waals surface area contributed by atoms with Crippen LogP contribution in [0.1, 0.15) is 123 Å². The lowest BCUT2D eigenvalue weighted by atomic mass is 10.1. The first-order valence-corrected chi connectivity index (χ1v) is 18.2. The normalized spacial score (nSPS) is 14.8. The molecule has 2 aliphatic heterocycles. The van der Waals surface area contributed by atoms with Gasteiger partial charge in [-0.1, -0.05) is 117 Å². The number of imide groups is 2.